The first-order valence-corrected chi connectivity index (χ1v) is 6.09. The molecule has 2 N–H and O–H groups in total. The second-order valence-corrected chi connectivity index (χ2v) is 4.74. The smallest absolute Gasteiger partial charge is 0.254 e. The van der Waals surface area contributed by atoms with Gasteiger partial charge in [-0.2, -0.15) is 0 Å². The number of nitrogens with zero attached hydrogens (tertiary/aromatic N) is 1. The zero-order chi connectivity index (χ0) is 11.8. The van der Waals surface area contributed by atoms with Crippen molar-refractivity contribution < 1.29 is 9.90 Å². The molecule has 17 heavy (non-hydrogen) atoms. The third-order valence-corrected chi connectivity index (χ3v) is 3.68. The van der Waals surface area contributed by atoms with E-state index in [4.69, 9.17) is 0 Å². The third-order valence-electron chi connectivity index (χ3n) is 3.68. The average Bonchev–Trinajstić information content (AvgIpc) is 2.82. The number of phenolic OH excluding ortho intramolecular Hbond substituents is 1. The molecule has 4 heteroatoms. The molecule has 1 fully saturated rings. The Balaban J connectivity index is 1.89. The number of carbonyl (C=O) groups is 1. The van der Waals surface area contributed by atoms with Crippen LogP contribution < -0.4 is 5.32 Å². The van der Waals surface area contributed by atoms with Crippen molar-refractivity contribution in [3.05, 3.63) is 29.3 Å². The first-order chi connectivity index (χ1) is 8.25. The van der Waals surface area contributed by atoms with E-state index in [0.717, 1.165) is 43.6 Å². The molecule has 0 spiro atoms. The van der Waals surface area contributed by atoms with Crippen LogP contribution in [-0.4, -0.2) is 41.6 Å². The van der Waals surface area contributed by atoms with Crippen molar-refractivity contribution in [2.75, 3.05) is 19.6 Å². The maximum atomic E-state index is 12.3. The van der Waals surface area contributed by atoms with E-state index in [2.05, 4.69) is 5.32 Å². The van der Waals surface area contributed by atoms with Gasteiger partial charge in [-0.15, -0.1) is 0 Å². The second-order valence-electron chi connectivity index (χ2n) is 4.74. The SMILES string of the molecule is O=C1c2ccc(O)cc2CCN1[C@H]1CCNC1. The minimum absolute atomic E-state index is 0.111. The van der Waals surface area contributed by atoms with Crippen molar-refractivity contribution >= 4 is 5.91 Å². The van der Waals surface area contributed by atoms with Crippen LogP contribution in [0.1, 0.15) is 22.3 Å². The number of hydrogen-bond donors (Lipinski definition) is 2. The van der Waals surface area contributed by atoms with Crippen LogP contribution in [0, 0.1) is 0 Å². The lowest BCUT2D eigenvalue weighted by Crippen LogP contribution is -2.45. The third kappa shape index (κ3) is 1.78. The van der Waals surface area contributed by atoms with Crippen LogP contribution in [0.2, 0.25) is 0 Å². The number of fused-ring (bicyclic) bond motifs is 1. The fraction of sp³-hybridized carbons (Fsp3) is 0.462. The van der Waals surface area contributed by atoms with Gasteiger partial charge < -0.3 is 15.3 Å². The van der Waals surface area contributed by atoms with Crippen molar-refractivity contribution in [1.82, 2.24) is 10.2 Å². The predicted molar refractivity (Wildman–Crippen MR) is 64.1 cm³/mol. The van der Waals surface area contributed by atoms with Gasteiger partial charge in [-0.25, -0.2) is 0 Å². The first kappa shape index (κ1) is 10.6. The summed E-state index contributed by atoms with van der Waals surface area (Å²) in [7, 11) is 0. The van der Waals surface area contributed by atoms with Gasteiger partial charge in [0.05, 0.1) is 0 Å². The highest BCUT2D eigenvalue weighted by Gasteiger charge is 2.31. The molecule has 1 saturated heterocycles. The van der Waals surface area contributed by atoms with E-state index in [0.29, 0.717) is 6.04 Å². The molecule has 2 aliphatic heterocycles. The molecule has 0 radical (unpaired) electrons. The standard InChI is InChI=1S/C13H16N2O2/c16-11-1-2-12-9(7-11)4-6-15(13(12)17)10-3-5-14-8-10/h1-2,7,10,14,16H,3-6,8H2/t10-/m0/s1. The maximum absolute atomic E-state index is 12.3. The summed E-state index contributed by atoms with van der Waals surface area (Å²) in [5, 5.41) is 12.7. The molecular formula is C13H16N2O2. The minimum atomic E-state index is 0.111. The first-order valence-electron chi connectivity index (χ1n) is 6.09. The largest absolute Gasteiger partial charge is 0.508 e. The Morgan fingerprint density at radius 2 is 2.29 bits per heavy atom. The van der Waals surface area contributed by atoms with E-state index in [9.17, 15) is 9.90 Å². The minimum Gasteiger partial charge on any atom is -0.508 e. The molecule has 0 unspecified atom stereocenters. The molecule has 0 saturated carbocycles. The van der Waals surface area contributed by atoms with Crippen molar-refractivity contribution in [1.29, 1.82) is 0 Å². The summed E-state index contributed by atoms with van der Waals surface area (Å²) in [6.45, 7) is 2.66. The second kappa shape index (κ2) is 4.04. The van der Waals surface area contributed by atoms with Crippen molar-refractivity contribution in [3.8, 4) is 5.75 Å². The molecule has 1 amide bonds. The fourth-order valence-electron chi connectivity index (χ4n) is 2.75. The fourth-order valence-corrected chi connectivity index (χ4v) is 2.75. The highest BCUT2D eigenvalue weighted by molar-refractivity contribution is 5.97. The van der Waals surface area contributed by atoms with E-state index in [1.807, 2.05) is 4.90 Å². The zero-order valence-electron chi connectivity index (χ0n) is 9.65. The Bertz CT molecular complexity index is 453. The quantitative estimate of drug-likeness (QED) is 0.751. The van der Waals surface area contributed by atoms with E-state index >= 15 is 0 Å². The van der Waals surface area contributed by atoms with Gasteiger partial charge in [-0.05, 0) is 43.1 Å². The molecular weight excluding hydrogens is 216 g/mol. The normalized spacial score (nSPS) is 23.9. The lowest BCUT2D eigenvalue weighted by molar-refractivity contribution is 0.0674. The topological polar surface area (TPSA) is 52.6 Å². The Kier molecular flexibility index (Phi) is 2.52. The number of nitrogens with one attached hydrogen (secondary N) is 1. The van der Waals surface area contributed by atoms with Gasteiger partial charge in [0.15, 0.2) is 0 Å². The zero-order valence-corrected chi connectivity index (χ0v) is 9.65. The molecule has 4 nitrogen and oxygen atoms in total. The number of amides is 1. The molecule has 0 aromatic heterocycles. The summed E-state index contributed by atoms with van der Waals surface area (Å²) in [6.07, 6.45) is 1.88. The number of hydrogen-bond acceptors (Lipinski definition) is 3. The summed E-state index contributed by atoms with van der Waals surface area (Å²) in [5.74, 6) is 0.354. The molecule has 0 aliphatic carbocycles. The van der Waals surface area contributed by atoms with Gasteiger partial charge >= 0.3 is 0 Å². The van der Waals surface area contributed by atoms with E-state index in [1.165, 1.54) is 0 Å². The van der Waals surface area contributed by atoms with Gasteiger partial charge in [-0.1, -0.05) is 0 Å². The van der Waals surface area contributed by atoms with Crippen LogP contribution in [0.15, 0.2) is 18.2 Å². The highest BCUT2D eigenvalue weighted by Crippen LogP contribution is 2.25. The molecule has 3 rings (SSSR count). The summed E-state index contributed by atoms with van der Waals surface area (Å²) in [4.78, 5) is 14.3. The Labute approximate surface area is 100 Å². The molecule has 0 bridgehead atoms. The van der Waals surface area contributed by atoms with Crippen molar-refractivity contribution in [2.45, 2.75) is 18.9 Å². The Hall–Kier alpha value is -1.55. The van der Waals surface area contributed by atoms with Gasteiger partial charge in [0.2, 0.25) is 0 Å². The van der Waals surface area contributed by atoms with Gasteiger partial charge in [0.25, 0.3) is 5.91 Å². The van der Waals surface area contributed by atoms with Crippen molar-refractivity contribution in [3.63, 3.8) is 0 Å². The highest BCUT2D eigenvalue weighted by atomic mass is 16.3. The van der Waals surface area contributed by atoms with Gasteiger partial charge in [-0.3, -0.25) is 4.79 Å². The van der Waals surface area contributed by atoms with Crippen molar-refractivity contribution in [2.24, 2.45) is 0 Å². The monoisotopic (exact) mass is 232 g/mol. The van der Waals surface area contributed by atoms with Crippen LogP contribution in [0.4, 0.5) is 0 Å². The predicted octanol–water partition coefficient (Wildman–Crippen LogP) is 0.752. The molecule has 2 heterocycles. The number of phenols is 1. The number of rotatable bonds is 1. The van der Waals surface area contributed by atoms with Crippen LogP contribution in [0.3, 0.4) is 0 Å². The van der Waals surface area contributed by atoms with Crippen LogP contribution in [-0.2, 0) is 6.42 Å². The van der Waals surface area contributed by atoms with E-state index in [-0.39, 0.29) is 11.7 Å². The molecule has 2 aliphatic rings. The van der Waals surface area contributed by atoms with Crippen LogP contribution >= 0.6 is 0 Å². The van der Waals surface area contributed by atoms with Gasteiger partial charge in [0.1, 0.15) is 5.75 Å². The summed E-state index contributed by atoms with van der Waals surface area (Å²) in [5.41, 5.74) is 1.72. The van der Waals surface area contributed by atoms with E-state index in [1.54, 1.807) is 18.2 Å². The maximum Gasteiger partial charge on any atom is 0.254 e. The number of benzene rings is 1. The Morgan fingerprint density at radius 1 is 1.41 bits per heavy atom. The Morgan fingerprint density at radius 3 is 3.06 bits per heavy atom. The number of aromatic hydroxyl groups is 1. The molecule has 1 aromatic carbocycles. The van der Waals surface area contributed by atoms with Crippen LogP contribution in [0.5, 0.6) is 5.75 Å². The van der Waals surface area contributed by atoms with Gasteiger partial charge in [0, 0.05) is 24.7 Å². The summed E-state index contributed by atoms with van der Waals surface area (Å²) in [6, 6.07) is 5.37. The average molecular weight is 232 g/mol. The van der Waals surface area contributed by atoms with Crippen LogP contribution in [0.25, 0.3) is 0 Å². The molecule has 1 atom stereocenters. The molecule has 1 aromatic rings. The summed E-state index contributed by atoms with van der Waals surface area (Å²) >= 11 is 0. The lowest BCUT2D eigenvalue weighted by atomic mass is 9.97. The lowest BCUT2D eigenvalue weighted by Gasteiger charge is -2.33. The number of carbonyl (C=O) groups excluding carboxylic acids is 1. The molecule has 90 valence electrons. The summed E-state index contributed by atoms with van der Waals surface area (Å²) < 4.78 is 0. The van der Waals surface area contributed by atoms with E-state index < -0.39 is 0 Å².